The van der Waals surface area contributed by atoms with Gasteiger partial charge in [0.15, 0.2) is 82.7 Å². The Labute approximate surface area is 314 Å². The van der Waals surface area contributed by atoms with E-state index < -0.39 is 175 Å². The molecule has 28 heteroatoms. The lowest BCUT2D eigenvalue weighted by Gasteiger charge is -2.36. The Balaban J connectivity index is 1.67. The molecule has 4 aromatic rings. The number of halogens is 24. The summed E-state index contributed by atoms with van der Waals surface area (Å²) in [6, 6.07) is 0. The molecule has 0 N–H and O–H groups in total. The predicted molar refractivity (Wildman–Crippen MR) is 147 cm³/mol. The molecule has 0 atom stereocenters. The maximum atomic E-state index is 14.7. The molecule has 4 aromatic carbocycles. The normalized spacial score (nSPS) is 12.6. The van der Waals surface area contributed by atoms with Gasteiger partial charge in [0.1, 0.15) is 0 Å². The van der Waals surface area contributed by atoms with Gasteiger partial charge in [-0.2, -0.15) is 70.2 Å². The third-order valence-electron chi connectivity index (χ3n) is 7.91. The maximum Gasteiger partial charge on any atom is 0.381 e. The van der Waals surface area contributed by atoms with Crippen molar-refractivity contribution in [1.82, 2.24) is 0 Å². The van der Waals surface area contributed by atoms with E-state index in [1.807, 2.05) is 0 Å². The molecule has 0 heterocycles. The molecule has 4 nitrogen and oxygen atoms in total. The van der Waals surface area contributed by atoms with Crippen LogP contribution in [0.5, 0.6) is 23.0 Å². The summed E-state index contributed by atoms with van der Waals surface area (Å²) in [7, 11) is 0.808. The van der Waals surface area contributed by atoms with Crippen molar-refractivity contribution in [2.75, 3.05) is 27.4 Å². The molecular formula is C32H10F24O4. The molecule has 0 aliphatic rings. The highest BCUT2D eigenvalue weighted by Crippen LogP contribution is 2.53. The van der Waals surface area contributed by atoms with E-state index in [9.17, 15) is 105 Å². The second-order valence-corrected chi connectivity index (χ2v) is 11.4. The zero-order valence-corrected chi connectivity index (χ0v) is 28.1. The molecule has 0 unspecified atom stereocenters. The van der Waals surface area contributed by atoms with Crippen LogP contribution in [-0.2, 0) is 0 Å². The number of alkyl halides is 8. The van der Waals surface area contributed by atoms with Crippen molar-refractivity contribution in [2.24, 2.45) is 0 Å². The summed E-state index contributed by atoms with van der Waals surface area (Å²) in [6.45, 7) is -7.43. The van der Waals surface area contributed by atoms with Crippen molar-refractivity contribution in [3.05, 3.63) is 93.1 Å². The van der Waals surface area contributed by atoms with Gasteiger partial charge in [0.25, 0.3) is 0 Å². The molecule has 0 spiro atoms. The van der Waals surface area contributed by atoms with Crippen LogP contribution in [-0.4, -0.2) is 51.1 Å². The Hall–Kier alpha value is -5.60. The quantitative estimate of drug-likeness (QED) is 0.0989. The lowest BCUT2D eigenvalue weighted by Crippen LogP contribution is -2.65. The van der Waals surface area contributed by atoms with E-state index in [4.69, 9.17) is 0 Å². The van der Waals surface area contributed by atoms with Crippen molar-refractivity contribution in [2.45, 2.75) is 23.7 Å². The van der Waals surface area contributed by atoms with E-state index in [0.29, 0.717) is 14.2 Å². The van der Waals surface area contributed by atoms with Gasteiger partial charge in [-0.15, -0.1) is 0 Å². The van der Waals surface area contributed by atoms with Crippen molar-refractivity contribution >= 4 is 0 Å². The molecule has 60 heavy (non-hydrogen) atoms. The van der Waals surface area contributed by atoms with Gasteiger partial charge in [-0.1, -0.05) is 0 Å². The van der Waals surface area contributed by atoms with E-state index in [1.54, 1.807) is 0 Å². The van der Waals surface area contributed by atoms with E-state index in [0.717, 1.165) is 0 Å². The predicted octanol–water partition coefficient (Wildman–Crippen LogP) is 11.3. The van der Waals surface area contributed by atoms with Crippen LogP contribution in [0.15, 0.2) is 0 Å². The van der Waals surface area contributed by atoms with Gasteiger partial charge in [0.2, 0.25) is 46.5 Å². The first-order chi connectivity index (χ1) is 27.4. The van der Waals surface area contributed by atoms with E-state index in [-0.39, 0.29) is 0 Å². The van der Waals surface area contributed by atoms with Gasteiger partial charge in [-0.3, -0.25) is 0 Å². The largest absolute Gasteiger partial charge is 0.491 e. The fourth-order valence-corrected chi connectivity index (χ4v) is 4.90. The van der Waals surface area contributed by atoms with Crippen LogP contribution in [0.4, 0.5) is 105 Å². The highest BCUT2D eigenvalue weighted by atomic mass is 19.4. The monoisotopic (exact) mass is 914 g/mol. The van der Waals surface area contributed by atoms with Gasteiger partial charge in [0, 0.05) is 0 Å². The lowest BCUT2D eigenvalue weighted by atomic mass is 9.99. The van der Waals surface area contributed by atoms with Crippen LogP contribution in [0, 0.1) is 93.1 Å². The van der Waals surface area contributed by atoms with E-state index in [1.165, 1.54) is 0 Å². The third kappa shape index (κ3) is 6.92. The zero-order chi connectivity index (χ0) is 46.1. The Morgan fingerprint density at radius 1 is 0.283 bits per heavy atom. The van der Waals surface area contributed by atoms with Crippen LogP contribution >= 0.6 is 0 Å². The minimum Gasteiger partial charge on any atom is -0.491 e. The number of benzene rings is 4. The molecule has 0 saturated carbocycles. The Morgan fingerprint density at radius 3 is 0.617 bits per heavy atom. The SMILES string of the molecule is COc1c(F)c(F)c(-c2c(F)c(F)c(OCC(F)(F)C(F)(F)C(F)(F)C(F)(F)COc3c(F)c(F)c(-c4c(F)c(F)c(OC)c(F)c4F)c(F)c3F)c(F)c2F)c(F)c1F. The molecule has 0 bridgehead atoms. The highest BCUT2D eigenvalue weighted by Gasteiger charge is 2.81. The smallest absolute Gasteiger partial charge is 0.381 e. The first-order valence-corrected chi connectivity index (χ1v) is 14.7. The molecule has 0 aromatic heterocycles. The molecule has 0 radical (unpaired) electrons. The summed E-state index contributed by atoms with van der Waals surface area (Å²) in [4.78, 5) is 0. The van der Waals surface area contributed by atoms with Crippen LogP contribution in [0.1, 0.15) is 0 Å². The summed E-state index contributed by atoms with van der Waals surface area (Å²) < 4.78 is 362. The number of hydrogen-bond donors (Lipinski definition) is 0. The van der Waals surface area contributed by atoms with Gasteiger partial charge in [-0.25, -0.2) is 35.1 Å². The summed E-state index contributed by atoms with van der Waals surface area (Å²) >= 11 is 0. The fraction of sp³-hybridized carbons (Fsp3) is 0.250. The molecule has 330 valence electrons. The topological polar surface area (TPSA) is 36.9 Å². The van der Waals surface area contributed by atoms with Crippen molar-refractivity contribution in [1.29, 1.82) is 0 Å². The summed E-state index contributed by atoms with van der Waals surface area (Å²) in [6.07, 6.45) is 0. The Kier molecular flexibility index (Phi) is 12.4. The first kappa shape index (κ1) is 47.1. The standard InChI is InChI=1S/C32H10F24O4/c1-57-25-17(41)9(33)5(10(34)18(25)42)7-13(37)21(45)27(22(46)14(7)38)59-3-29(49,50)31(53,54)32(55,56)30(51,52)4-60-28-23(47)15(39)8(16(40)24(28)48)6-11(35)19(43)26(58-2)20(44)12(6)36/h3-4H2,1-2H3. The zero-order valence-electron chi connectivity index (χ0n) is 28.1. The number of ether oxygens (including phenoxy) is 4. The summed E-state index contributed by atoms with van der Waals surface area (Å²) in [5.74, 6) is -86.5. The van der Waals surface area contributed by atoms with E-state index in [2.05, 4.69) is 18.9 Å². The summed E-state index contributed by atoms with van der Waals surface area (Å²) in [5.41, 5.74) is -10.6. The second-order valence-electron chi connectivity index (χ2n) is 11.4. The van der Waals surface area contributed by atoms with Crippen LogP contribution < -0.4 is 18.9 Å². The van der Waals surface area contributed by atoms with Crippen molar-refractivity contribution in [3.63, 3.8) is 0 Å². The van der Waals surface area contributed by atoms with Crippen LogP contribution in [0.2, 0.25) is 0 Å². The maximum absolute atomic E-state index is 14.7. The molecule has 4 rings (SSSR count). The molecule has 0 aliphatic heterocycles. The number of hydrogen-bond acceptors (Lipinski definition) is 4. The fourth-order valence-electron chi connectivity index (χ4n) is 4.90. The highest BCUT2D eigenvalue weighted by molar-refractivity contribution is 5.70. The number of rotatable bonds is 13. The first-order valence-electron chi connectivity index (χ1n) is 14.7. The second kappa shape index (κ2) is 15.8. The average Bonchev–Trinajstić information content (AvgIpc) is 3.17. The minimum atomic E-state index is -7.67. The van der Waals surface area contributed by atoms with Crippen molar-refractivity contribution < 1.29 is 124 Å². The summed E-state index contributed by atoms with van der Waals surface area (Å²) in [5, 5.41) is 0. The van der Waals surface area contributed by atoms with Gasteiger partial charge < -0.3 is 18.9 Å². The van der Waals surface area contributed by atoms with Gasteiger partial charge in [0.05, 0.1) is 36.5 Å². The average molecular weight is 914 g/mol. The van der Waals surface area contributed by atoms with Crippen LogP contribution in [0.25, 0.3) is 22.3 Å². The minimum absolute atomic E-state index is 0.404. The Morgan fingerprint density at radius 2 is 0.450 bits per heavy atom. The Bertz CT molecular complexity index is 2120. The number of methoxy groups -OCH3 is 2. The molecule has 0 aliphatic carbocycles. The molecular weight excluding hydrogens is 904 g/mol. The van der Waals surface area contributed by atoms with Gasteiger partial charge in [-0.05, 0) is 0 Å². The van der Waals surface area contributed by atoms with Crippen molar-refractivity contribution in [3.8, 4) is 45.3 Å². The van der Waals surface area contributed by atoms with Crippen LogP contribution in [0.3, 0.4) is 0 Å². The molecule has 0 saturated heterocycles. The molecule has 0 fully saturated rings. The van der Waals surface area contributed by atoms with Gasteiger partial charge >= 0.3 is 23.7 Å². The van der Waals surface area contributed by atoms with E-state index >= 15 is 0 Å². The lowest BCUT2D eigenvalue weighted by molar-refractivity contribution is -0.372. The third-order valence-corrected chi connectivity index (χ3v) is 7.91. The molecule has 0 amide bonds.